The zero-order chi connectivity index (χ0) is 21.4. The summed E-state index contributed by atoms with van der Waals surface area (Å²) in [7, 11) is 0. The van der Waals surface area contributed by atoms with E-state index in [1.165, 1.54) is 4.80 Å². The quantitative estimate of drug-likeness (QED) is 0.449. The van der Waals surface area contributed by atoms with Crippen molar-refractivity contribution >= 4 is 34.6 Å². The van der Waals surface area contributed by atoms with Crippen LogP contribution in [-0.4, -0.2) is 40.4 Å². The molecule has 8 nitrogen and oxygen atoms in total. The van der Waals surface area contributed by atoms with Gasteiger partial charge in [0.2, 0.25) is 0 Å². The molecule has 4 aromatic rings. The first kappa shape index (κ1) is 20.4. The van der Waals surface area contributed by atoms with Crippen molar-refractivity contribution in [3.63, 3.8) is 0 Å². The molecule has 0 spiro atoms. The first-order chi connectivity index (χ1) is 14.3. The lowest BCUT2D eigenvalue weighted by Gasteiger charge is -2.14. The van der Waals surface area contributed by atoms with Gasteiger partial charge in [0.25, 0.3) is 0 Å². The van der Waals surface area contributed by atoms with Crippen LogP contribution in [0, 0.1) is 6.92 Å². The number of fused-ring (bicyclic) bond motifs is 1. The highest BCUT2D eigenvalue weighted by atomic mass is 35.5. The van der Waals surface area contributed by atoms with E-state index in [1.54, 1.807) is 35.2 Å². The topological polar surface area (TPSA) is 90.9 Å². The zero-order valence-electron chi connectivity index (χ0n) is 16.7. The van der Waals surface area contributed by atoms with E-state index in [2.05, 4.69) is 25.3 Å². The molecule has 0 aromatic carbocycles. The number of hydrogen-bond acceptors (Lipinski definition) is 6. The smallest absolute Gasteiger partial charge is 0.193 e. The standard InChI is InChI=1S/C20H19Cl2N7O/c1-11(2)19-14(10-23-18-7-17(22)27-28(18)19)6-15(30)4-13-5-16(21)20(24-9-13)29-25-8-12(3)26-29/h5,7-11H,4,6H2,1-3H3. The number of aryl methyl sites for hydroxylation is 1. The van der Waals surface area contributed by atoms with Gasteiger partial charge in [-0.05, 0) is 30.0 Å². The maximum Gasteiger partial charge on any atom is 0.193 e. The Morgan fingerprint density at radius 2 is 1.87 bits per heavy atom. The predicted octanol–water partition coefficient (Wildman–Crippen LogP) is 3.80. The second-order valence-electron chi connectivity index (χ2n) is 7.38. The lowest BCUT2D eigenvalue weighted by Crippen LogP contribution is -2.13. The highest BCUT2D eigenvalue weighted by Gasteiger charge is 2.18. The summed E-state index contributed by atoms with van der Waals surface area (Å²) in [5, 5.41) is 13.4. The molecular weight excluding hydrogens is 425 g/mol. The van der Waals surface area contributed by atoms with Gasteiger partial charge in [-0.3, -0.25) is 4.79 Å². The third-order valence-corrected chi connectivity index (χ3v) is 5.04. The number of ketones is 1. The van der Waals surface area contributed by atoms with Gasteiger partial charge in [-0.2, -0.15) is 15.3 Å². The fraction of sp³-hybridized carbons (Fsp3) is 0.300. The van der Waals surface area contributed by atoms with Crippen molar-refractivity contribution in [2.24, 2.45) is 0 Å². The molecule has 0 unspecified atom stereocenters. The largest absolute Gasteiger partial charge is 0.299 e. The SMILES string of the molecule is Cc1cnn(-c2ncc(CC(=O)Cc3cnc4cc(Cl)nn4c3C(C)C)cc2Cl)n1. The Morgan fingerprint density at radius 3 is 2.53 bits per heavy atom. The van der Waals surface area contributed by atoms with Crippen molar-refractivity contribution < 1.29 is 4.79 Å². The van der Waals surface area contributed by atoms with Crippen LogP contribution in [0.15, 0.2) is 30.7 Å². The molecule has 0 aliphatic carbocycles. The number of carbonyl (C=O) groups excluding carboxylic acids is 1. The molecule has 0 fully saturated rings. The summed E-state index contributed by atoms with van der Waals surface area (Å²) < 4.78 is 1.71. The molecule has 154 valence electrons. The van der Waals surface area contributed by atoms with E-state index in [4.69, 9.17) is 23.2 Å². The molecule has 0 amide bonds. The Bertz CT molecular complexity index is 1250. The molecule has 0 radical (unpaired) electrons. The van der Waals surface area contributed by atoms with Crippen LogP contribution in [0.4, 0.5) is 0 Å². The predicted molar refractivity (Wildman–Crippen MR) is 113 cm³/mol. The number of hydrogen-bond donors (Lipinski definition) is 0. The number of carbonyl (C=O) groups is 1. The summed E-state index contributed by atoms with van der Waals surface area (Å²) in [5.41, 5.74) is 3.90. The van der Waals surface area contributed by atoms with Gasteiger partial charge in [-0.25, -0.2) is 14.5 Å². The minimum atomic E-state index is 0.0231. The fourth-order valence-electron chi connectivity index (χ4n) is 3.37. The molecule has 4 aromatic heterocycles. The van der Waals surface area contributed by atoms with Crippen LogP contribution in [0.5, 0.6) is 0 Å². The van der Waals surface area contributed by atoms with Gasteiger partial charge < -0.3 is 0 Å². The molecule has 0 aliphatic heterocycles. The fourth-order valence-corrected chi connectivity index (χ4v) is 3.81. The molecule has 30 heavy (non-hydrogen) atoms. The van der Waals surface area contributed by atoms with Crippen molar-refractivity contribution in [1.82, 2.24) is 34.6 Å². The third kappa shape index (κ3) is 4.06. The number of Topliss-reactive ketones (excluding diaryl/α,β-unsaturated/α-hetero) is 1. The Morgan fingerprint density at radius 1 is 1.07 bits per heavy atom. The summed E-state index contributed by atoms with van der Waals surface area (Å²) >= 11 is 12.4. The van der Waals surface area contributed by atoms with E-state index in [0.717, 1.165) is 22.5 Å². The van der Waals surface area contributed by atoms with E-state index < -0.39 is 0 Å². The molecule has 0 saturated heterocycles. The van der Waals surface area contributed by atoms with E-state index in [0.29, 0.717) is 21.6 Å². The van der Waals surface area contributed by atoms with Crippen LogP contribution in [0.25, 0.3) is 11.5 Å². The number of pyridine rings is 1. The first-order valence-corrected chi connectivity index (χ1v) is 10.2. The zero-order valence-corrected chi connectivity index (χ0v) is 18.2. The van der Waals surface area contributed by atoms with Crippen LogP contribution in [0.1, 0.15) is 42.3 Å². The normalized spacial score (nSPS) is 11.5. The Hall–Kier alpha value is -2.84. The molecule has 0 N–H and O–H groups in total. The van der Waals surface area contributed by atoms with Crippen LogP contribution in [-0.2, 0) is 17.6 Å². The molecule has 0 bridgehead atoms. The maximum absolute atomic E-state index is 12.8. The van der Waals surface area contributed by atoms with E-state index >= 15 is 0 Å². The highest BCUT2D eigenvalue weighted by molar-refractivity contribution is 6.32. The van der Waals surface area contributed by atoms with E-state index in [1.807, 2.05) is 20.8 Å². The molecule has 10 heteroatoms. The number of halogens is 2. The summed E-state index contributed by atoms with van der Waals surface area (Å²) in [6.45, 7) is 5.93. The Labute approximate surface area is 182 Å². The highest BCUT2D eigenvalue weighted by Crippen LogP contribution is 2.23. The van der Waals surface area contributed by atoms with Gasteiger partial charge in [0.1, 0.15) is 5.78 Å². The minimum Gasteiger partial charge on any atom is -0.299 e. The summed E-state index contributed by atoms with van der Waals surface area (Å²) in [4.78, 5) is 22.9. The number of aromatic nitrogens is 7. The van der Waals surface area contributed by atoms with Gasteiger partial charge in [-0.1, -0.05) is 37.0 Å². The number of nitrogens with zero attached hydrogens (tertiary/aromatic N) is 7. The van der Waals surface area contributed by atoms with Crippen LogP contribution in [0.3, 0.4) is 0 Å². The summed E-state index contributed by atoms with van der Waals surface area (Å²) in [5.74, 6) is 0.595. The molecule has 0 saturated carbocycles. The van der Waals surface area contributed by atoms with Gasteiger partial charge in [0.15, 0.2) is 16.6 Å². The first-order valence-electron chi connectivity index (χ1n) is 9.40. The van der Waals surface area contributed by atoms with Crippen molar-refractivity contribution in [3.8, 4) is 5.82 Å². The summed E-state index contributed by atoms with van der Waals surface area (Å²) in [6.07, 6.45) is 5.40. The van der Waals surface area contributed by atoms with Gasteiger partial charge in [0.05, 0.1) is 22.6 Å². The van der Waals surface area contributed by atoms with Crippen LogP contribution >= 0.6 is 23.2 Å². The van der Waals surface area contributed by atoms with Crippen LogP contribution in [0.2, 0.25) is 10.2 Å². The van der Waals surface area contributed by atoms with E-state index in [-0.39, 0.29) is 24.5 Å². The second-order valence-corrected chi connectivity index (χ2v) is 8.17. The number of rotatable bonds is 6. The lowest BCUT2D eigenvalue weighted by atomic mass is 9.99. The second kappa shape index (κ2) is 8.12. The van der Waals surface area contributed by atoms with Gasteiger partial charge in [0, 0.05) is 31.3 Å². The van der Waals surface area contributed by atoms with Gasteiger partial charge in [-0.15, -0.1) is 4.80 Å². The molecule has 4 rings (SSSR count). The average Bonchev–Trinajstić information content (AvgIpc) is 3.25. The molecule has 4 heterocycles. The molecular formula is C20H19Cl2N7O. The molecule has 0 atom stereocenters. The Kier molecular flexibility index (Phi) is 5.53. The van der Waals surface area contributed by atoms with Crippen molar-refractivity contribution in [2.75, 3.05) is 0 Å². The van der Waals surface area contributed by atoms with Gasteiger partial charge >= 0.3 is 0 Å². The van der Waals surface area contributed by atoms with Crippen molar-refractivity contribution in [2.45, 2.75) is 39.5 Å². The third-order valence-electron chi connectivity index (χ3n) is 4.58. The average molecular weight is 444 g/mol. The molecule has 0 aliphatic rings. The summed E-state index contributed by atoms with van der Waals surface area (Å²) in [6, 6.07) is 3.42. The van der Waals surface area contributed by atoms with E-state index in [9.17, 15) is 4.79 Å². The van der Waals surface area contributed by atoms with Crippen molar-refractivity contribution in [1.29, 1.82) is 0 Å². The lowest BCUT2D eigenvalue weighted by molar-refractivity contribution is -0.117. The maximum atomic E-state index is 12.8. The van der Waals surface area contributed by atoms with Crippen molar-refractivity contribution in [3.05, 3.63) is 63.4 Å². The minimum absolute atomic E-state index is 0.0231. The Balaban J connectivity index is 1.55. The van der Waals surface area contributed by atoms with Crippen LogP contribution < -0.4 is 0 Å². The monoisotopic (exact) mass is 443 g/mol.